The summed E-state index contributed by atoms with van der Waals surface area (Å²) in [6.07, 6.45) is 1.52. The number of benzene rings is 2. The molecule has 0 spiro atoms. The average molecular weight is 287 g/mol. The van der Waals surface area contributed by atoms with Gasteiger partial charge in [-0.05, 0) is 30.0 Å². The SMILES string of the molecule is N#CC1(c2nc3cccc(-c4ccccc4)c3c(=O)[nH]2)CC1. The summed E-state index contributed by atoms with van der Waals surface area (Å²) in [6.45, 7) is 0. The van der Waals surface area contributed by atoms with Gasteiger partial charge >= 0.3 is 0 Å². The molecule has 1 saturated carbocycles. The Morgan fingerprint density at radius 3 is 2.55 bits per heavy atom. The zero-order valence-electron chi connectivity index (χ0n) is 11.8. The van der Waals surface area contributed by atoms with E-state index in [-0.39, 0.29) is 5.56 Å². The van der Waals surface area contributed by atoms with E-state index in [9.17, 15) is 10.1 Å². The lowest BCUT2D eigenvalue weighted by atomic mass is 10.0. The molecule has 0 bridgehead atoms. The predicted molar refractivity (Wildman–Crippen MR) is 84.3 cm³/mol. The first kappa shape index (κ1) is 12.8. The predicted octanol–water partition coefficient (Wildman–Crippen LogP) is 3.15. The molecule has 0 aliphatic heterocycles. The number of nitrogens with one attached hydrogen (secondary N) is 1. The first-order valence-corrected chi connectivity index (χ1v) is 7.24. The third-order valence-electron chi connectivity index (χ3n) is 4.24. The van der Waals surface area contributed by atoms with Crippen LogP contribution < -0.4 is 5.56 Å². The summed E-state index contributed by atoms with van der Waals surface area (Å²) in [5.74, 6) is 0.498. The average Bonchev–Trinajstić information content (AvgIpc) is 3.36. The van der Waals surface area contributed by atoms with Crippen LogP contribution in [-0.2, 0) is 5.41 Å². The Labute approximate surface area is 127 Å². The maximum absolute atomic E-state index is 12.6. The van der Waals surface area contributed by atoms with Crippen molar-refractivity contribution in [1.29, 1.82) is 5.26 Å². The molecule has 0 atom stereocenters. The fraction of sp³-hybridized carbons (Fsp3) is 0.167. The van der Waals surface area contributed by atoms with Crippen LogP contribution in [0.15, 0.2) is 53.3 Å². The van der Waals surface area contributed by atoms with Crippen molar-refractivity contribution in [1.82, 2.24) is 9.97 Å². The molecular weight excluding hydrogens is 274 g/mol. The van der Waals surface area contributed by atoms with Crippen LogP contribution in [0.5, 0.6) is 0 Å². The summed E-state index contributed by atoms with van der Waals surface area (Å²) in [6, 6.07) is 17.7. The minimum atomic E-state index is -0.587. The second-order valence-electron chi connectivity index (χ2n) is 5.67. The molecule has 0 unspecified atom stereocenters. The molecule has 0 radical (unpaired) electrons. The summed E-state index contributed by atoms with van der Waals surface area (Å²) >= 11 is 0. The molecule has 1 aliphatic rings. The highest BCUT2D eigenvalue weighted by molar-refractivity contribution is 5.93. The van der Waals surface area contributed by atoms with Gasteiger partial charge in [0.1, 0.15) is 11.2 Å². The van der Waals surface area contributed by atoms with Gasteiger partial charge in [-0.15, -0.1) is 0 Å². The molecule has 22 heavy (non-hydrogen) atoms. The Morgan fingerprint density at radius 1 is 1.09 bits per heavy atom. The van der Waals surface area contributed by atoms with Crippen molar-refractivity contribution < 1.29 is 0 Å². The lowest BCUT2D eigenvalue weighted by Crippen LogP contribution is -2.18. The summed E-state index contributed by atoms with van der Waals surface area (Å²) in [4.78, 5) is 20.0. The molecule has 1 heterocycles. The minimum absolute atomic E-state index is 0.180. The van der Waals surface area contributed by atoms with Gasteiger partial charge in [-0.1, -0.05) is 42.5 Å². The van der Waals surface area contributed by atoms with Crippen LogP contribution >= 0.6 is 0 Å². The largest absolute Gasteiger partial charge is 0.309 e. The van der Waals surface area contributed by atoms with Crippen molar-refractivity contribution in [3.63, 3.8) is 0 Å². The number of hydrogen-bond acceptors (Lipinski definition) is 3. The molecule has 1 aliphatic carbocycles. The van der Waals surface area contributed by atoms with E-state index in [1.807, 2.05) is 48.5 Å². The van der Waals surface area contributed by atoms with Crippen LogP contribution in [-0.4, -0.2) is 9.97 Å². The van der Waals surface area contributed by atoms with Crippen molar-refractivity contribution in [2.24, 2.45) is 0 Å². The molecule has 3 aromatic rings. The van der Waals surface area contributed by atoms with Gasteiger partial charge in [-0.3, -0.25) is 4.79 Å². The number of nitriles is 1. The molecule has 2 aromatic carbocycles. The third-order valence-corrected chi connectivity index (χ3v) is 4.24. The van der Waals surface area contributed by atoms with Gasteiger partial charge in [-0.2, -0.15) is 5.26 Å². The van der Waals surface area contributed by atoms with Crippen molar-refractivity contribution in [2.75, 3.05) is 0 Å². The van der Waals surface area contributed by atoms with E-state index in [2.05, 4.69) is 16.0 Å². The number of rotatable bonds is 2. The molecular formula is C18H13N3O. The van der Waals surface area contributed by atoms with Gasteiger partial charge < -0.3 is 4.98 Å². The highest BCUT2D eigenvalue weighted by Crippen LogP contribution is 2.45. The number of fused-ring (bicyclic) bond motifs is 1. The molecule has 106 valence electrons. The normalized spacial score (nSPS) is 15.4. The number of hydrogen-bond donors (Lipinski definition) is 1. The first-order valence-electron chi connectivity index (χ1n) is 7.24. The molecule has 1 aromatic heterocycles. The molecule has 0 amide bonds. The summed E-state index contributed by atoms with van der Waals surface area (Å²) in [7, 11) is 0. The molecule has 4 heteroatoms. The van der Waals surface area contributed by atoms with Crippen LogP contribution in [0.1, 0.15) is 18.7 Å². The monoisotopic (exact) mass is 287 g/mol. The summed E-state index contributed by atoms with van der Waals surface area (Å²) in [5.41, 5.74) is 1.72. The number of nitrogens with zero attached hydrogens (tertiary/aromatic N) is 2. The van der Waals surface area contributed by atoms with E-state index < -0.39 is 5.41 Å². The Morgan fingerprint density at radius 2 is 1.86 bits per heavy atom. The molecule has 1 N–H and O–H groups in total. The van der Waals surface area contributed by atoms with E-state index in [1.54, 1.807) is 0 Å². The molecule has 4 rings (SSSR count). The summed E-state index contributed by atoms with van der Waals surface area (Å²) < 4.78 is 0. The highest BCUT2D eigenvalue weighted by Gasteiger charge is 2.47. The quantitative estimate of drug-likeness (QED) is 0.787. The van der Waals surface area contributed by atoms with E-state index in [0.717, 1.165) is 24.0 Å². The van der Waals surface area contributed by atoms with E-state index in [0.29, 0.717) is 16.7 Å². The lowest BCUT2D eigenvalue weighted by Gasteiger charge is -2.09. The standard InChI is InChI=1S/C18H13N3O/c19-11-18(9-10-18)17-20-14-8-4-7-13(15(14)16(22)21-17)12-5-2-1-3-6-12/h1-8H,9-10H2,(H,20,21,22). The van der Waals surface area contributed by atoms with Crippen molar-refractivity contribution in [3.8, 4) is 17.2 Å². The van der Waals surface area contributed by atoms with Crippen molar-refractivity contribution >= 4 is 10.9 Å². The van der Waals surface area contributed by atoms with Gasteiger partial charge in [0, 0.05) is 0 Å². The Kier molecular flexibility index (Phi) is 2.64. The van der Waals surface area contributed by atoms with Crippen LogP contribution in [0.2, 0.25) is 0 Å². The van der Waals surface area contributed by atoms with Gasteiger partial charge in [0.25, 0.3) is 5.56 Å². The minimum Gasteiger partial charge on any atom is -0.309 e. The topological polar surface area (TPSA) is 69.5 Å². The van der Waals surface area contributed by atoms with Crippen LogP contribution in [0.25, 0.3) is 22.0 Å². The first-order chi connectivity index (χ1) is 10.7. The Bertz CT molecular complexity index is 963. The van der Waals surface area contributed by atoms with E-state index in [1.165, 1.54) is 0 Å². The highest BCUT2D eigenvalue weighted by atomic mass is 16.1. The van der Waals surface area contributed by atoms with Crippen molar-refractivity contribution in [2.45, 2.75) is 18.3 Å². The van der Waals surface area contributed by atoms with Gasteiger partial charge in [-0.25, -0.2) is 4.98 Å². The maximum Gasteiger partial charge on any atom is 0.259 e. The zero-order chi connectivity index (χ0) is 15.2. The number of aromatic amines is 1. The molecule has 1 fully saturated rings. The van der Waals surface area contributed by atoms with E-state index >= 15 is 0 Å². The second kappa shape index (κ2) is 4.54. The van der Waals surface area contributed by atoms with Crippen LogP contribution in [0.4, 0.5) is 0 Å². The molecule has 0 saturated heterocycles. The number of H-pyrrole nitrogens is 1. The molecule has 4 nitrogen and oxygen atoms in total. The maximum atomic E-state index is 12.6. The lowest BCUT2D eigenvalue weighted by molar-refractivity contribution is 0.799. The van der Waals surface area contributed by atoms with E-state index in [4.69, 9.17) is 0 Å². The second-order valence-corrected chi connectivity index (χ2v) is 5.67. The fourth-order valence-corrected chi connectivity index (χ4v) is 2.80. The van der Waals surface area contributed by atoms with Crippen LogP contribution in [0, 0.1) is 11.3 Å². The smallest absolute Gasteiger partial charge is 0.259 e. The Balaban J connectivity index is 2.00. The van der Waals surface area contributed by atoms with Gasteiger partial charge in [0.2, 0.25) is 0 Å². The van der Waals surface area contributed by atoms with Crippen LogP contribution in [0.3, 0.4) is 0 Å². The zero-order valence-corrected chi connectivity index (χ0v) is 11.8. The third kappa shape index (κ3) is 1.83. The number of aromatic nitrogens is 2. The Hall–Kier alpha value is -2.93. The fourth-order valence-electron chi connectivity index (χ4n) is 2.80. The van der Waals surface area contributed by atoms with Gasteiger partial charge in [0.05, 0.1) is 17.0 Å². The summed E-state index contributed by atoms with van der Waals surface area (Å²) in [5, 5.41) is 9.87. The van der Waals surface area contributed by atoms with Crippen molar-refractivity contribution in [3.05, 3.63) is 64.7 Å². The van der Waals surface area contributed by atoms with Gasteiger partial charge in [0.15, 0.2) is 0 Å².